The fourth-order valence-corrected chi connectivity index (χ4v) is 7.88. The zero-order valence-corrected chi connectivity index (χ0v) is 30.3. The average Bonchev–Trinajstić information content (AvgIpc) is 3.86. The molecular formula is C50H33N5O. The third-order valence-corrected chi connectivity index (χ3v) is 10.7. The van der Waals surface area contributed by atoms with E-state index in [1.165, 1.54) is 5.39 Å². The Morgan fingerprint density at radius 2 is 1.14 bits per heavy atom. The van der Waals surface area contributed by atoms with Gasteiger partial charge in [0.2, 0.25) is 5.89 Å². The van der Waals surface area contributed by atoms with Crippen LogP contribution in [0.25, 0.3) is 100 Å². The van der Waals surface area contributed by atoms with Gasteiger partial charge in [-0.1, -0.05) is 115 Å². The van der Waals surface area contributed by atoms with Crippen LogP contribution >= 0.6 is 0 Å². The molecule has 0 unspecified atom stereocenters. The zero-order valence-electron chi connectivity index (χ0n) is 30.3. The van der Waals surface area contributed by atoms with Gasteiger partial charge in [0.25, 0.3) is 0 Å². The molecule has 1 aliphatic rings. The lowest BCUT2D eigenvalue weighted by atomic mass is 9.99. The summed E-state index contributed by atoms with van der Waals surface area (Å²) in [5.74, 6) is 2.68. The minimum atomic E-state index is 0.628. The summed E-state index contributed by atoms with van der Waals surface area (Å²) in [5, 5.41) is 4.63. The summed E-state index contributed by atoms with van der Waals surface area (Å²) >= 11 is 0. The van der Waals surface area contributed by atoms with Crippen LogP contribution in [0.4, 0.5) is 0 Å². The van der Waals surface area contributed by atoms with Crippen molar-refractivity contribution < 1.29 is 4.42 Å². The maximum atomic E-state index is 6.13. The second kappa shape index (κ2) is 13.1. The van der Waals surface area contributed by atoms with E-state index in [-0.39, 0.29) is 0 Å². The molecule has 0 fully saturated rings. The molecule has 1 aliphatic carbocycles. The zero-order chi connectivity index (χ0) is 37.0. The normalized spacial score (nSPS) is 12.9. The Morgan fingerprint density at radius 1 is 0.464 bits per heavy atom. The summed E-state index contributed by atoms with van der Waals surface area (Å²) < 4.78 is 8.47. The average molecular weight is 720 g/mol. The van der Waals surface area contributed by atoms with Crippen LogP contribution in [0.3, 0.4) is 0 Å². The lowest BCUT2D eigenvalue weighted by molar-refractivity contribution is 0.620. The Labute approximate surface area is 322 Å². The minimum absolute atomic E-state index is 0.628. The van der Waals surface area contributed by atoms with E-state index >= 15 is 0 Å². The molecule has 264 valence electrons. The van der Waals surface area contributed by atoms with Crippen LogP contribution in [0, 0.1) is 0 Å². The molecule has 0 saturated carbocycles. The second-order valence-corrected chi connectivity index (χ2v) is 14.2. The van der Waals surface area contributed by atoms with Gasteiger partial charge in [-0.25, -0.2) is 19.9 Å². The maximum absolute atomic E-state index is 6.13. The molecule has 3 aromatic heterocycles. The number of hydrogen-bond donors (Lipinski definition) is 0. The first-order valence-electron chi connectivity index (χ1n) is 18.9. The highest BCUT2D eigenvalue weighted by atomic mass is 16.3. The topological polar surface area (TPSA) is 69.6 Å². The van der Waals surface area contributed by atoms with Crippen LogP contribution in [0.15, 0.2) is 180 Å². The van der Waals surface area contributed by atoms with Crippen LogP contribution in [0.2, 0.25) is 0 Å². The predicted molar refractivity (Wildman–Crippen MR) is 227 cm³/mol. The molecule has 6 heteroatoms. The number of rotatable bonds is 6. The van der Waals surface area contributed by atoms with Gasteiger partial charge in [0, 0.05) is 38.7 Å². The number of benzene rings is 7. The number of nitrogens with zero attached hydrogens (tertiary/aromatic N) is 5. The van der Waals surface area contributed by atoms with Crippen molar-refractivity contribution in [2.24, 2.45) is 0 Å². The molecule has 0 aliphatic heterocycles. The Morgan fingerprint density at radius 3 is 1.96 bits per heavy atom. The predicted octanol–water partition coefficient (Wildman–Crippen LogP) is 12.7. The Kier molecular flexibility index (Phi) is 7.52. The Bertz CT molecular complexity index is 3160. The maximum Gasteiger partial charge on any atom is 0.227 e. The largest absolute Gasteiger partial charge is 0.436 e. The van der Waals surface area contributed by atoms with E-state index in [1.807, 2.05) is 54.6 Å². The number of allylic oxidation sites excluding steroid dienone is 4. The van der Waals surface area contributed by atoms with Gasteiger partial charge in [-0.15, -0.1) is 0 Å². The molecule has 0 N–H and O–H groups in total. The molecule has 11 rings (SSSR count). The van der Waals surface area contributed by atoms with Gasteiger partial charge >= 0.3 is 0 Å². The molecule has 56 heavy (non-hydrogen) atoms. The lowest BCUT2D eigenvalue weighted by Crippen LogP contribution is -2.03. The summed E-state index contributed by atoms with van der Waals surface area (Å²) in [7, 11) is 0. The van der Waals surface area contributed by atoms with Crippen molar-refractivity contribution in [1.29, 1.82) is 0 Å². The Balaban J connectivity index is 0.926. The molecule has 0 bridgehead atoms. The summed E-state index contributed by atoms with van der Waals surface area (Å²) in [6.45, 7) is 0. The number of oxazole rings is 1. The minimum Gasteiger partial charge on any atom is -0.436 e. The third kappa shape index (κ3) is 5.58. The van der Waals surface area contributed by atoms with Gasteiger partial charge in [0.15, 0.2) is 23.1 Å². The molecule has 10 aromatic rings. The van der Waals surface area contributed by atoms with Crippen molar-refractivity contribution in [3.05, 3.63) is 182 Å². The molecular weight excluding hydrogens is 687 g/mol. The molecule has 6 nitrogen and oxygen atoms in total. The van der Waals surface area contributed by atoms with E-state index in [0.29, 0.717) is 23.4 Å². The molecule has 0 saturated heterocycles. The summed E-state index contributed by atoms with van der Waals surface area (Å²) in [5.41, 5.74) is 11.3. The van der Waals surface area contributed by atoms with Crippen molar-refractivity contribution in [3.8, 4) is 51.0 Å². The summed E-state index contributed by atoms with van der Waals surface area (Å²) in [4.78, 5) is 19.6. The number of hydrogen-bond acceptors (Lipinski definition) is 5. The van der Waals surface area contributed by atoms with Gasteiger partial charge in [-0.3, -0.25) is 0 Å². The number of fused-ring (bicyclic) bond motifs is 5. The smallest absolute Gasteiger partial charge is 0.227 e. The number of aromatic nitrogens is 5. The van der Waals surface area contributed by atoms with Gasteiger partial charge in [0.05, 0.1) is 11.0 Å². The van der Waals surface area contributed by atoms with Crippen LogP contribution in [-0.4, -0.2) is 24.5 Å². The van der Waals surface area contributed by atoms with Crippen molar-refractivity contribution in [2.45, 2.75) is 12.8 Å². The first-order valence-corrected chi connectivity index (χ1v) is 18.9. The van der Waals surface area contributed by atoms with Gasteiger partial charge in [-0.2, -0.15) is 0 Å². The summed E-state index contributed by atoms with van der Waals surface area (Å²) in [6, 6.07) is 55.0. The van der Waals surface area contributed by atoms with E-state index in [2.05, 4.69) is 126 Å². The van der Waals surface area contributed by atoms with Gasteiger partial charge in [-0.05, 0) is 95.4 Å². The standard InChI is InChI=1S/C50H33N5O/c1-3-11-33(12-4-1)47-52-48(34-13-5-2-6-14-34)54-49(53-47)38-22-21-36-29-35(19-20-37(36)30-38)32-23-26-40(27-24-32)55-44-17-9-7-15-41(44)42-31-39(25-28-45(42)55)50-51-43-16-8-10-18-46(43)56-50/h1,3-5,7-31H,2,6H2. The monoisotopic (exact) mass is 719 g/mol. The molecule has 7 aromatic carbocycles. The van der Waals surface area contributed by atoms with Crippen molar-refractivity contribution in [2.75, 3.05) is 0 Å². The third-order valence-electron chi connectivity index (χ3n) is 10.7. The molecule has 3 heterocycles. The van der Waals surface area contributed by atoms with Crippen LogP contribution in [0.1, 0.15) is 18.7 Å². The molecule has 0 radical (unpaired) electrons. The fourth-order valence-electron chi connectivity index (χ4n) is 7.88. The van der Waals surface area contributed by atoms with E-state index in [1.54, 1.807) is 0 Å². The second-order valence-electron chi connectivity index (χ2n) is 14.2. The first kappa shape index (κ1) is 32.0. The fraction of sp³-hybridized carbons (Fsp3) is 0.0400. The van der Waals surface area contributed by atoms with E-state index < -0.39 is 0 Å². The van der Waals surface area contributed by atoms with Gasteiger partial charge < -0.3 is 8.98 Å². The van der Waals surface area contributed by atoms with E-state index in [9.17, 15) is 0 Å². The van der Waals surface area contributed by atoms with Crippen LogP contribution in [0.5, 0.6) is 0 Å². The SMILES string of the molecule is C1=CC(c2nc(-c3ccccc3)nc(-c3ccc4cc(-c5ccc(-n6c7ccccc7c7cc(-c8nc9ccccc9o8)ccc76)cc5)ccc4c3)n2)=CCC1. The highest BCUT2D eigenvalue weighted by Gasteiger charge is 2.17. The quantitative estimate of drug-likeness (QED) is 0.171. The van der Waals surface area contributed by atoms with E-state index in [0.717, 1.165) is 90.2 Å². The van der Waals surface area contributed by atoms with Crippen molar-refractivity contribution in [3.63, 3.8) is 0 Å². The molecule has 0 atom stereocenters. The number of para-hydroxylation sites is 3. The lowest BCUT2D eigenvalue weighted by Gasteiger charge is -2.12. The molecule has 0 spiro atoms. The highest BCUT2D eigenvalue weighted by Crippen LogP contribution is 2.36. The summed E-state index contributed by atoms with van der Waals surface area (Å²) in [6.07, 6.45) is 8.54. The van der Waals surface area contributed by atoms with Crippen molar-refractivity contribution >= 4 is 49.3 Å². The first-order chi connectivity index (χ1) is 27.7. The van der Waals surface area contributed by atoms with Crippen LogP contribution in [-0.2, 0) is 0 Å². The Hall–Kier alpha value is -7.44. The molecule has 0 amide bonds. The van der Waals surface area contributed by atoms with Gasteiger partial charge in [0.1, 0.15) is 5.52 Å². The van der Waals surface area contributed by atoms with Crippen LogP contribution < -0.4 is 0 Å². The highest BCUT2D eigenvalue weighted by molar-refractivity contribution is 6.10. The van der Waals surface area contributed by atoms with Crippen molar-refractivity contribution in [1.82, 2.24) is 24.5 Å². The van der Waals surface area contributed by atoms with E-state index in [4.69, 9.17) is 24.4 Å².